The molecule has 2 unspecified atom stereocenters. The van der Waals surface area contributed by atoms with E-state index in [1.54, 1.807) is 0 Å². The molecular formula is C13H26N2O. The van der Waals surface area contributed by atoms with Crippen molar-refractivity contribution in [3.63, 3.8) is 0 Å². The first-order valence-electron chi connectivity index (χ1n) is 6.92. The average molecular weight is 226 g/mol. The fourth-order valence-electron chi connectivity index (χ4n) is 2.92. The van der Waals surface area contributed by atoms with E-state index in [0.29, 0.717) is 0 Å². The van der Waals surface area contributed by atoms with Crippen molar-refractivity contribution < 1.29 is 4.74 Å². The van der Waals surface area contributed by atoms with Crippen molar-refractivity contribution in [3.8, 4) is 0 Å². The Labute approximate surface area is 99.5 Å². The van der Waals surface area contributed by atoms with Crippen LogP contribution in [0.2, 0.25) is 0 Å². The van der Waals surface area contributed by atoms with Crippen molar-refractivity contribution in [1.29, 1.82) is 0 Å². The highest BCUT2D eigenvalue weighted by Gasteiger charge is 2.22. The van der Waals surface area contributed by atoms with Crippen LogP contribution in [0.25, 0.3) is 0 Å². The Kier molecular flexibility index (Phi) is 5.07. The maximum absolute atomic E-state index is 5.56. The second kappa shape index (κ2) is 6.58. The van der Waals surface area contributed by atoms with E-state index in [-0.39, 0.29) is 0 Å². The van der Waals surface area contributed by atoms with Gasteiger partial charge >= 0.3 is 0 Å². The van der Waals surface area contributed by atoms with Gasteiger partial charge in [0, 0.05) is 38.8 Å². The van der Waals surface area contributed by atoms with Gasteiger partial charge in [0.2, 0.25) is 0 Å². The molecule has 0 amide bonds. The van der Waals surface area contributed by atoms with Crippen LogP contribution in [0.1, 0.15) is 32.6 Å². The first kappa shape index (κ1) is 12.3. The summed E-state index contributed by atoms with van der Waals surface area (Å²) in [6.07, 6.45) is 5.23. The van der Waals surface area contributed by atoms with Crippen molar-refractivity contribution in [1.82, 2.24) is 10.2 Å². The minimum atomic E-state index is 0.725. The summed E-state index contributed by atoms with van der Waals surface area (Å²) in [5.41, 5.74) is 0. The van der Waals surface area contributed by atoms with Gasteiger partial charge in [0.1, 0.15) is 0 Å². The third-order valence-electron chi connectivity index (χ3n) is 3.75. The Hall–Kier alpha value is -0.120. The molecule has 94 valence electrons. The van der Waals surface area contributed by atoms with Crippen molar-refractivity contribution in [2.24, 2.45) is 5.92 Å². The topological polar surface area (TPSA) is 24.5 Å². The molecule has 0 spiro atoms. The first-order valence-corrected chi connectivity index (χ1v) is 6.92. The van der Waals surface area contributed by atoms with Gasteiger partial charge in [-0.25, -0.2) is 0 Å². The zero-order valence-electron chi connectivity index (χ0n) is 10.6. The fraction of sp³-hybridized carbons (Fsp3) is 1.00. The molecule has 2 fully saturated rings. The van der Waals surface area contributed by atoms with Crippen molar-refractivity contribution in [2.75, 3.05) is 39.4 Å². The van der Waals surface area contributed by atoms with Crippen LogP contribution < -0.4 is 5.32 Å². The Morgan fingerprint density at radius 3 is 3.12 bits per heavy atom. The minimum absolute atomic E-state index is 0.725. The maximum atomic E-state index is 5.56. The predicted molar refractivity (Wildman–Crippen MR) is 66.7 cm³/mol. The van der Waals surface area contributed by atoms with E-state index in [4.69, 9.17) is 4.74 Å². The van der Waals surface area contributed by atoms with Crippen LogP contribution in [0.15, 0.2) is 0 Å². The molecule has 0 saturated carbocycles. The van der Waals surface area contributed by atoms with E-state index >= 15 is 0 Å². The molecule has 0 bridgehead atoms. The third-order valence-corrected chi connectivity index (χ3v) is 3.75. The van der Waals surface area contributed by atoms with Gasteiger partial charge in [-0.2, -0.15) is 0 Å². The van der Waals surface area contributed by atoms with Gasteiger partial charge in [0.15, 0.2) is 0 Å². The Morgan fingerprint density at radius 1 is 1.44 bits per heavy atom. The maximum Gasteiger partial charge on any atom is 0.0506 e. The van der Waals surface area contributed by atoms with Crippen LogP contribution in [-0.2, 0) is 4.74 Å². The Balaban J connectivity index is 1.71. The fourth-order valence-corrected chi connectivity index (χ4v) is 2.92. The molecular weight excluding hydrogens is 200 g/mol. The molecule has 0 aromatic carbocycles. The average Bonchev–Trinajstić information content (AvgIpc) is 2.31. The Morgan fingerprint density at radius 2 is 2.38 bits per heavy atom. The van der Waals surface area contributed by atoms with Crippen molar-refractivity contribution >= 4 is 0 Å². The molecule has 2 aliphatic rings. The molecule has 2 saturated heterocycles. The first-order chi connectivity index (χ1) is 7.88. The van der Waals surface area contributed by atoms with Crippen molar-refractivity contribution in [2.45, 2.75) is 38.6 Å². The molecule has 2 heterocycles. The number of piperazine rings is 1. The summed E-state index contributed by atoms with van der Waals surface area (Å²) in [5.74, 6) is 0.786. The molecule has 0 aromatic rings. The third kappa shape index (κ3) is 3.72. The predicted octanol–water partition coefficient (Wildman–Crippen LogP) is 1.49. The number of ether oxygens (including phenoxy) is 1. The SMILES string of the molecule is CCCC1CN(CC2CCCOC2)CCN1. The smallest absolute Gasteiger partial charge is 0.0506 e. The summed E-state index contributed by atoms with van der Waals surface area (Å²) in [6.45, 7) is 9.12. The van der Waals surface area contributed by atoms with E-state index in [2.05, 4.69) is 17.1 Å². The van der Waals surface area contributed by atoms with Gasteiger partial charge in [-0.05, 0) is 25.2 Å². The monoisotopic (exact) mass is 226 g/mol. The zero-order chi connectivity index (χ0) is 11.2. The van der Waals surface area contributed by atoms with Gasteiger partial charge in [0.05, 0.1) is 6.61 Å². The quantitative estimate of drug-likeness (QED) is 0.786. The number of rotatable bonds is 4. The van der Waals surface area contributed by atoms with Gasteiger partial charge in [-0.15, -0.1) is 0 Å². The molecule has 0 aromatic heterocycles. The lowest BCUT2D eigenvalue weighted by Crippen LogP contribution is -2.52. The molecule has 3 heteroatoms. The summed E-state index contributed by atoms with van der Waals surface area (Å²) >= 11 is 0. The van der Waals surface area contributed by atoms with Crippen LogP contribution in [0.4, 0.5) is 0 Å². The molecule has 2 atom stereocenters. The van der Waals surface area contributed by atoms with Crippen LogP contribution >= 0.6 is 0 Å². The van der Waals surface area contributed by atoms with E-state index in [9.17, 15) is 0 Å². The summed E-state index contributed by atoms with van der Waals surface area (Å²) in [7, 11) is 0. The zero-order valence-corrected chi connectivity index (χ0v) is 10.6. The van der Waals surface area contributed by atoms with E-state index < -0.39 is 0 Å². The minimum Gasteiger partial charge on any atom is -0.381 e. The molecule has 1 N–H and O–H groups in total. The molecule has 2 rings (SSSR count). The van der Waals surface area contributed by atoms with Crippen LogP contribution in [0.3, 0.4) is 0 Å². The Bertz CT molecular complexity index is 190. The standard InChI is InChI=1S/C13H26N2O/c1-2-4-13-10-15(7-6-14-13)9-12-5-3-8-16-11-12/h12-14H,2-11H2,1H3. The van der Waals surface area contributed by atoms with Crippen molar-refractivity contribution in [3.05, 3.63) is 0 Å². The molecule has 3 nitrogen and oxygen atoms in total. The molecule has 0 aliphatic carbocycles. The highest BCUT2D eigenvalue weighted by Crippen LogP contribution is 2.16. The lowest BCUT2D eigenvalue weighted by molar-refractivity contribution is 0.0335. The van der Waals surface area contributed by atoms with E-state index in [0.717, 1.165) is 31.7 Å². The van der Waals surface area contributed by atoms with Gasteiger partial charge in [-0.1, -0.05) is 13.3 Å². The van der Waals surface area contributed by atoms with E-state index in [1.165, 1.54) is 45.3 Å². The summed E-state index contributed by atoms with van der Waals surface area (Å²) in [6, 6.07) is 0.725. The lowest BCUT2D eigenvalue weighted by Gasteiger charge is -2.36. The molecule has 0 radical (unpaired) electrons. The number of hydrogen-bond acceptors (Lipinski definition) is 3. The second-order valence-electron chi connectivity index (χ2n) is 5.28. The lowest BCUT2D eigenvalue weighted by atomic mass is 10.0. The van der Waals surface area contributed by atoms with Crippen LogP contribution in [0.5, 0.6) is 0 Å². The summed E-state index contributed by atoms with van der Waals surface area (Å²) < 4.78 is 5.56. The van der Waals surface area contributed by atoms with Gasteiger partial charge < -0.3 is 15.0 Å². The molecule has 2 aliphatic heterocycles. The summed E-state index contributed by atoms with van der Waals surface area (Å²) in [5, 5.41) is 3.61. The van der Waals surface area contributed by atoms with Gasteiger partial charge in [-0.3, -0.25) is 0 Å². The second-order valence-corrected chi connectivity index (χ2v) is 5.28. The largest absolute Gasteiger partial charge is 0.381 e. The van der Waals surface area contributed by atoms with Gasteiger partial charge in [0.25, 0.3) is 0 Å². The highest BCUT2D eigenvalue weighted by molar-refractivity contribution is 4.80. The number of nitrogens with one attached hydrogen (secondary N) is 1. The summed E-state index contributed by atoms with van der Waals surface area (Å²) in [4.78, 5) is 2.64. The number of nitrogens with zero attached hydrogens (tertiary/aromatic N) is 1. The van der Waals surface area contributed by atoms with Crippen LogP contribution in [0, 0.1) is 5.92 Å². The van der Waals surface area contributed by atoms with Crippen LogP contribution in [-0.4, -0.2) is 50.3 Å². The highest BCUT2D eigenvalue weighted by atomic mass is 16.5. The number of hydrogen-bond donors (Lipinski definition) is 1. The van der Waals surface area contributed by atoms with E-state index in [1.807, 2.05) is 0 Å². The molecule has 16 heavy (non-hydrogen) atoms. The normalized spacial score (nSPS) is 32.8.